The van der Waals surface area contributed by atoms with Crippen molar-refractivity contribution < 1.29 is 41.0 Å². The number of hydrogen-bond donors (Lipinski definition) is 2. The van der Waals surface area contributed by atoms with Crippen molar-refractivity contribution in [3.05, 3.63) is 35.8 Å². The molecule has 208 valence electrons. The lowest BCUT2D eigenvalue weighted by atomic mass is 9.99. The summed E-state index contributed by atoms with van der Waals surface area (Å²) in [6.45, 7) is 5.50. The van der Waals surface area contributed by atoms with Gasteiger partial charge in [-0.15, -0.1) is 13.2 Å². The van der Waals surface area contributed by atoms with E-state index in [4.69, 9.17) is 4.74 Å². The normalized spacial score (nSPS) is 17.5. The lowest BCUT2D eigenvalue weighted by Crippen LogP contribution is -2.54. The number of ether oxygens (including phenoxy) is 2. The smallest absolute Gasteiger partial charge is 0.447 e. The summed E-state index contributed by atoms with van der Waals surface area (Å²) >= 11 is 0. The number of likely N-dealkylation sites (tertiary alicyclic amines) is 1. The van der Waals surface area contributed by atoms with Crippen LogP contribution in [0.25, 0.3) is 0 Å². The molecule has 10 nitrogen and oxygen atoms in total. The van der Waals surface area contributed by atoms with E-state index in [9.17, 15) is 31.5 Å². The van der Waals surface area contributed by atoms with E-state index in [2.05, 4.69) is 30.3 Å². The fraction of sp³-hybridized carbons (Fsp3) is 0.522. The molecule has 1 aliphatic rings. The van der Waals surface area contributed by atoms with E-state index in [1.807, 2.05) is 0 Å². The molecule has 0 unspecified atom stereocenters. The number of alkyl halides is 5. The first-order valence-electron chi connectivity index (χ1n) is 11.5. The van der Waals surface area contributed by atoms with Gasteiger partial charge < -0.3 is 25.0 Å². The molecule has 1 saturated heterocycles. The van der Waals surface area contributed by atoms with Crippen molar-refractivity contribution in [2.75, 3.05) is 18.5 Å². The minimum atomic E-state index is -4.91. The number of carbonyl (C=O) groups is 2. The maximum absolute atomic E-state index is 14.3. The van der Waals surface area contributed by atoms with Crippen LogP contribution in [0.4, 0.5) is 38.5 Å². The average Bonchev–Trinajstić information content (AvgIpc) is 2.76. The molecule has 2 amide bonds. The van der Waals surface area contributed by atoms with Crippen molar-refractivity contribution in [2.45, 2.75) is 64.4 Å². The highest BCUT2D eigenvalue weighted by molar-refractivity contribution is 5.94. The van der Waals surface area contributed by atoms with Crippen LogP contribution in [0.5, 0.6) is 5.75 Å². The summed E-state index contributed by atoms with van der Waals surface area (Å²) in [6.07, 6.45) is -3.97. The van der Waals surface area contributed by atoms with Crippen LogP contribution >= 0.6 is 0 Å². The predicted octanol–water partition coefficient (Wildman–Crippen LogP) is 4.59. The number of nitrogens with one attached hydrogen (secondary N) is 2. The molecule has 3 heterocycles. The summed E-state index contributed by atoms with van der Waals surface area (Å²) in [5.74, 6) is -4.89. The number of nitrogens with zero attached hydrogens (tertiary/aromatic N) is 4. The van der Waals surface area contributed by atoms with E-state index in [0.717, 1.165) is 23.2 Å². The largest absolute Gasteiger partial charge is 0.573 e. The Kier molecular flexibility index (Phi) is 8.27. The first-order chi connectivity index (χ1) is 17.5. The Morgan fingerprint density at radius 2 is 1.92 bits per heavy atom. The highest BCUT2D eigenvalue weighted by Crippen LogP contribution is 2.32. The Morgan fingerprint density at radius 1 is 1.21 bits per heavy atom. The zero-order valence-corrected chi connectivity index (χ0v) is 21.0. The average molecular weight is 546 g/mol. The number of rotatable bonds is 6. The molecular weight excluding hydrogens is 519 g/mol. The van der Waals surface area contributed by atoms with E-state index in [0.29, 0.717) is 0 Å². The van der Waals surface area contributed by atoms with E-state index in [-0.39, 0.29) is 36.1 Å². The van der Waals surface area contributed by atoms with Gasteiger partial charge >= 0.3 is 12.5 Å². The zero-order chi connectivity index (χ0) is 28.3. The Morgan fingerprint density at radius 3 is 2.58 bits per heavy atom. The molecule has 2 aromatic rings. The lowest BCUT2D eigenvalue weighted by Gasteiger charge is -2.39. The van der Waals surface area contributed by atoms with Gasteiger partial charge in [-0.05, 0) is 45.7 Å². The van der Waals surface area contributed by atoms with Gasteiger partial charge in [-0.25, -0.2) is 28.5 Å². The molecule has 38 heavy (non-hydrogen) atoms. The van der Waals surface area contributed by atoms with E-state index >= 15 is 0 Å². The number of piperidine rings is 1. The molecule has 2 aromatic heterocycles. The number of anilines is 2. The number of alkyl carbamates (subject to hydrolysis) is 1. The minimum Gasteiger partial charge on any atom is -0.447 e. The fourth-order valence-electron chi connectivity index (χ4n) is 3.56. The summed E-state index contributed by atoms with van der Waals surface area (Å²) < 4.78 is 75.1. The van der Waals surface area contributed by atoms with Gasteiger partial charge in [0.15, 0.2) is 0 Å². The van der Waals surface area contributed by atoms with Gasteiger partial charge in [0.05, 0.1) is 12.6 Å². The molecule has 15 heteroatoms. The van der Waals surface area contributed by atoms with Crippen LogP contribution in [0.1, 0.15) is 49.7 Å². The van der Waals surface area contributed by atoms with Crippen molar-refractivity contribution in [3.8, 4) is 5.75 Å². The van der Waals surface area contributed by atoms with Crippen molar-refractivity contribution in [1.82, 2.24) is 25.2 Å². The van der Waals surface area contributed by atoms with Crippen LogP contribution in [0.2, 0.25) is 0 Å². The van der Waals surface area contributed by atoms with E-state index in [1.54, 1.807) is 20.8 Å². The predicted molar refractivity (Wildman–Crippen MR) is 124 cm³/mol. The highest BCUT2D eigenvalue weighted by Gasteiger charge is 2.43. The first-order valence-corrected chi connectivity index (χ1v) is 11.5. The molecule has 3 rings (SSSR count). The summed E-state index contributed by atoms with van der Waals surface area (Å²) in [6, 6.07) is 1.10. The molecule has 0 radical (unpaired) electrons. The minimum absolute atomic E-state index is 0.116. The number of amides is 2. The van der Waals surface area contributed by atoms with Crippen LogP contribution in [0, 0.1) is 6.92 Å². The Balaban J connectivity index is 1.80. The third kappa shape index (κ3) is 8.38. The Hall–Kier alpha value is -3.78. The van der Waals surface area contributed by atoms with Gasteiger partial charge in [0.25, 0.3) is 11.8 Å². The second-order valence-electron chi connectivity index (χ2n) is 9.73. The van der Waals surface area contributed by atoms with Crippen molar-refractivity contribution in [3.63, 3.8) is 0 Å². The molecule has 2 N–H and O–H groups in total. The highest BCUT2D eigenvalue weighted by atomic mass is 19.4. The Labute approximate surface area is 214 Å². The maximum Gasteiger partial charge on any atom is 0.573 e. The number of aryl methyl sites for hydroxylation is 1. The molecule has 1 aliphatic heterocycles. The quantitative estimate of drug-likeness (QED) is 0.506. The molecule has 1 fully saturated rings. The lowest BCUT2D eigenvalue weighted by molar-refractivity contribution is -0.274. The number of hydrogen-bond acceptors (Lipinski definition) is 8. The third-order valence-electron chi connectivity index (χ3n) is 5.21. The van der Waals surface area contributed by atoms with Gasteiger partial charge in [0, 0.05) is 30.4 Å². The zero-order valence-electron chi connectivity index (χ0n) is 21.0. The SMILES string of the molecule is Cc1cnc(Nc2cc(OC(F)(F)F)ccn2)nc1C(=O)N1CC(F)(F)CC[C@@H]1COC(=O)NC(C)(C)C. The van der Waals surface area contributed by atoms with Crippen molar-refractivity contribution in [1.29, 1.82) is 0 Å². The molecule has 0 aromatic carbocycles. The molecular formula is C23H27F5N6O4. The van der Waals surface area contributed by atoms with Crippen molar-refractivity contribution in [2.24, 2.45) is 0 Å². The first kappa shape index (κ1) is 28.8. The third-order valence-corrected chi connectivity index (χ3v) is 5.21. The molecule has 1 atom stereocenters. The topological polar surface area (TPSA) is 119 Å². The number of aromatic nitrogens is 3. The van der Waals surface area contributed by atoms with Gasteiger partial charge in [-0.2, -0.15) is 0 Å². The summed E-state index contributed by atoms with van der Waals surface area (Å²) in [7, 11) is 0. The van der Waals surface area contributed by atoms with Crippen LogP contribution < -0.4 is 15.4 Å². The standard InChI is InChI=1S/C23H27F5N6O4/c1-13-10-30-19(31-16-9-15(6-8-29-16)38-23(26,27)28)32-17(13)18(35)34-12-22(24,25)7-5-14(34)11-37-20(36)33-21(2,3)4/h6,8-10,14H,5,7,11-12H2,1-4H3,(H,33,36)(H,29,30,31,32)/t14-/m1/s1. The number of carbonyl (C=O) groups excluding carboxylic acids is 2. The molecule has 0 saturated carbocycles. The van der Waals surface area contributed by atoms with Gasteiger partial charge in [0.1, 0.15) is 23.9 Å². The van der Waals surface area contributed by atoms with Crippen LogP contribution in [0.15, 0.2) is 24.5 Å². The number of pyridine rings is 1. The summed E-state index contributed by atoms with van der Waals surface area (Å²) in [4.78, 5) is 38.3. The summed E-state index contributed by atoms with van der Waals surface area (Å²) in [5.41, 5.74) is -0.533. The van der Waals surface area contributed by atoms with E-state index in [1.165, 1.54) is 13.1 Å². The second kappa shape index (κ2) is 10.9. The van der Waals surface area contributed by atoms with Crippen LogP contribution in [-0.2, 0) is 4.74 Å². The van der Waals surface area contributed by atoms with Crippen LogP contribution in [-0.4, -0.2) is 68.9 Å². The van der Waals surface area contributed by atoms with Gasteiger partial charge in [-0.1, -0.05) is 0 Å². The number of halogens is 5. The fourth-order valence-corrected chi connectivity index (χ4v) is 3.56. The molecule has 0 aliphatic carbocycles. The van der Waals surface area contributed by atoms with Gasteiger partial charge in [0.2, 0.25) is 5.95 Å². The maximum atomic E-state index is 14.3. The molecule has 0 bridgehead atoms. The Bertz CT molecular complexity index is 1170. The summed E-state index contributed by atoms with van der Waals surface area (Å²) in [5, 5.41) is 5.16. The van der Waals surface area contributed by atoms with Gasteiger partial charge in [-0.3, -0.25) is 4.79 Å². The monoisotopic (exact) mass is 546 g/mol. The van der Waals surface area contributed by atoms with E-state index < -0.39 is 54.6 Å². The van der Waals surface area contributed by atoms with Crippen LogP contribution in [0.3, 0.4) is 0 Å². The second-order valence-corrected chi connectivity index (χ2v) is 9.73. The molecule has 0 spiro atoms. The van der Waals surface area contributed by atoms with Crippen molar-refractivity contribution >= 4 is 23.8 Å².